The van der Waals surface area contributed by atoms with E-state index >= 15 is 0 Å². The van der Waals surface area contributed by atoms with E-state index in [0.29, 0.717) is 23.3 Å². The monoisotopic (exact) mass is 717 g/mol. The normalized spacial score (nSPS) is 14.9. The molecule has 0 saturated carbocycles. The zero-order valence-electron chi connectivity index (χ0n) is 23.0. The highest BCUT2D eigenvalue weighted by Crippen LogP contribution is 2.37. The highest BCUT2D eigenvalue weighted by atomic mass is 32.2. The number of thioether (sulfide) groups is 1. The number of hydrogen-bond donors (Lipinski definition) is 6. The van der Waals surface area contributed by atoms with Crippen LogP contribution in [0.3, 0.4) is 0 Å². The van der Waals surface area contributed by atoms with Crippen LogP contribution < -0.4 is 10.6 Å². The predicted octanol–water partition coefficient (Wildman–Crippen LogP) is 2.85. The number of nitrogens with zero attached hydrogens (tertiary/aromatic N) is 5. The first kappa shape index (κ1) is 35.5. The minimum Gasteiger partial charge on any atom is -0.371 e. The molecule has 0 amide bonds. The standard InChI is InChI=1S/C20H27N7O12S5/c1-12-18(24-23-16-11-17(39-26-16)40-6-4-5-7-42(30,31)32)19(21-3)27(25-12)20(2,41(28)29)22-13-8-14(43(33,34)35)10-15(9-13)44(36,37)38/h8-11,21-22H,4-7H2,1-3H3,(H,28,29)(H,30,31,32)(H,33,34,35)(H,36,37,38). The van der Waals surface area contributed by atoms with Gasteiger partial charge in [0.2, 0.25) is 21.9 Å². The van der Waals surface area contributed by atoms with Gasteiger partial charge in [-0.2, -0.15) is 30.4 Å². The Kier molecular flexibility index (Phi) is 11.0. The molecule has 0 fully saturated rings. The van der Waals surface area contributed by atoms with Crippen molar-refractivity contribution >= 4 is 76.2 Å². The molecule has 0 aliphatic heterocycles. The quantitative estimate of drug-likeness (QED) is 0.0433. The van der Waals surface area contributed by atoms with Crippen molar-refractivity contribution in [1.82, 2.24) is 14.9 Å². The third kappa shape index (κ3) is 9.04. The third-order valence-corrected chi connectivity index (χ3v) is 10.0. The Morgan fingerprint density at radius 2 is 1.64 bits per heavy atom. The molecule has 24 heteroatoms. The van der Waals surface area contributed by atoms with Gasteiger partial charge in [-0.25, -0.2) is 8.89 Å². The van der Waals surface area contributed by atoms with Crippen LogP contribution in [0.2, 0.25) is 0 Å². The van der Waals surface area contributed by atoms with Gasteiger partial charge in [0.25, 0.3) is 30.4 Å². The Bertz CT molecular complexity index is 1860. The number of azo groups is 1. The van der Waals surface area contributed by atoms with E-state index in [2.05, 4.69) is 31.1 Å². The summed E-state index contributed by atoms with van der Waals surface area (Å²) in [6.07, 6.45) is 0.727. The summed E-state index contributed by atoms with van der Waals surface area (Å²) in [6, 6.07) is 3.51. The van der Waals surface area contributed by atoms with Crippen molar-refractivity contribution in [3.05, 3.63) is 30.0 Å². The minimum absolute atomic E-state index is 0.0292. The number of aryl methyl sites for hydroxylation is 1. The number of nitrogens with one attached hydrogen (secondary N) is 2. The molecule has 0 aliphatic carbocycles. The fourth-order valence-electron chi connectivity index (χ4n) is 3.58. The van der Waals surface area contributed by atoms with E-state index in [0.717, 1.165) is 16.8 Å². The van der Waals surface area contributed by atoms with Gasteiger partial charge in [-0.1, -0.05) is 16.9 Å². The lowest BCUT2D eigenvalue weighted by molar-refractivity contribution is 0.351. The van der Waals surface area contributed by atoms with E-state index in [1.165, 1.54) is 38.7 Å². The molecule has 3 rings (SSSR count). The van der Waals surface area contributed by atoms with E-state index in [1.54, 1.807) is 0 Å². The van der Waals surface area contributed by atoms with Gasteiger partial charge in [0, 0.05) is 24.6 Å². The maximum Gasteiger partial charge on any atom is 0.294 e. The van der Waals surface area contributed by atoms with Gasteiger partial charge in [-0.15, -0.1) is 10.2 Å². The first-order valence-electron chi connectivity index (χ1n) is 12.0. The van der Waals surface area contributed by atoms with Crippen LogP contribution in [0.5, 0.6) is 0 Å². The Balaban J connectivity index is 1.92. The second-order valence-electron chi connectivity index (χ2n) is 8.99. The van der Waals surface area contributed by atoms with Crippen molar-refractivity contribution in [2.45, 2.75) is 46.6 Å². The van der Waals surface area contributed by atoms with Crippen LogP contribution in [-0.2, 0) is 46.4 Å². The van der Waals surface area contributed by atoms with E-state index in [-0.39, 0.29) is 35.2 Å². The summed E-state index contributed by atoms with van der Waals surface area (Å²) < 4.78 is 125. The van der Waals surface area contributed by atoms with Crippen molar-refractivity contribution in [2.24, 2.45) is 10.2 Å². The van der Waals surface area contributed by atoms with Crippen molar-refractivity contribution in [2.75, 3.05) is 29.2 Å². The zero-order chi connectivity index (χ0) is 33.1. The molecule has 244 valence electrons. The van der Waals surface area contributed by atoms with Gasteiger partial charge in [0.15, 0.2) is 16.6 Å². The van der Waals surface area contributed by atoms with Gasteiger partial charge in [0.1, 0.15) is 0 Å². The Morgan fingerprint density at radius 3 is 2.16 bits per heavy atom. The topological polar surface area (TPSA) is 293 Å². The molecule has 2 heterocycles. The summed E-state index contributed by atoms with van der Waals surface area (Å²) >= 11 is -1.63. The van der Waals surface area contributed by atoms with E-state index in [9.17, 15) is 43.1 Å². The summed E-state index contributed by atoms with van der Waals surface area (Å²) in [6.45, 7) is 2.67. The number of unbranched alkanes of at least 4 members (excludes halogenated alkanes) is 1. The summed E-state index contributed by atoms with van der Waals surface area (Å²) in [5, 5.41) is 21.8. The highest BCUT2D eigenvalue weighted by molar-refractivity contribution is 7.99. The van der Waals surface area contributed by atoms with Gasteiger partial charge in [-0.3, -0.25) is 13.7 Å². The molecule has 19 nitrogen and oxygen atoms in total. The summed E-state index contributed by atoms with van der Waals surface area (Å²) in [4.78, 5) is -3.99. The average molecular weight is 718 g/mol. The second-order valence-corrected chi connectivity index (χ2v) is 15.8. The first-order valence-corrected chi connectivity index (χ1v) is 18.6. The molecule has 2 unspecified atom stereocenters. The average Bonchev–Trinajstić information content (AvgIpc) is 3.48. The van der Waals surface area contributed by atoms with E-state index < -0.39 is 61.9 Å². The van der Waals surface area contributed by atoms with Crippen LogP contribution in [0.1, 0.15) is 25.5 Å². The molecule has 0 radical (unpaired) electrons. The third-order valence-electron chi connectivity index (χ3n) is 5.63. The molecule has 2 atom stereocenters. The van der Waals surface area contributed by atoms with Crippen LogP contribution in [0.4, 0.5) is 23.0 Å². The summed E-state index contributed by atoms with van der Waals surface area (Å²) in [7, 11) is -12.5. The van der Waals surface area contributed by atoms with Crippen molar-refractivity contribution < 1.29 is 52.2 Å². The summed E-state index contributed by atoms with van der Waals surface area (Å²) in [5.41, 5.74) is -0.126. The molecule has 2 aromatic heterocycles. The molecular weight excluding hydrogens is 691 g/mol. The Morgan fingerprint density at radius 1 is 1.02 bits per heavy atom. The van der Waals surface area contributed by atoms with Crippen LogP contribution in [0, 0.1) is 6.92 Å². The fraction of sp³-hybridized carbons (Fsp3) is 0.400. The largest absolute Gasteiger partial charge is 0.371 e. The summed E-state index contributed by atoms with van der Waals surface area (Å²) in [5.74, 6) is 0.193. The Hall–Kier alpha value is -2.97. The maximum absolute atomic E-state index is 12.6. The fourth-order valence-corrected chi connectivity index (χ4v) is 6.64. The van der Waals surface area contributed by atoms with E-state index in [1.807, 2.05) is 0 Å². The SMILES string of the molecule is CNc1c(N=Nc2cc(SCCCCS(=O)(=O)O)on2)c(C)nn1C(C)(Nc1cc(S(=O)(=O)O)cc(S(=O)(=O)O)c1)S(=O)O. The van der Waals surface area contributed by atoms with Gasteiger partial charge in [0.05, 0.1) is 21.2 Å². The van der Waals surface area contributed by atoms with Crippen molar-refractivity contribution in [1.29, 1.82) is 0 Å². The molecule has 44 heavy (non-hydrogen) atoms. The van der Waals surface area contributed by atoms with Crippen molar-refractivity contribution in [3.63, 3.8) is 0 Å². The van der Waals surface area contributed by atoms with Crippen LogP contribution in [0.15, 0.2) is 53.9 Å². The molecule has 6 N–H and O–H groups in total. The second kappa shape index (κ2) is 13.6. The van der Waals surface area contributed by atoms with Gasteiger partial charge >= 0.3 is 0 Å². The number of aromatic nitrogens is 3. The van der Waals surface area contributed by atoms with Gasteiger partial charge in [-0.05, 0) is 44.9 Å². The number of rotatable bonds is 15. The van der Waals surface area contributed by atoms with Crippen LogP contribution in [0.25, 0.3) is 0 Å². The highest BCUT2D eigenvalue weighted by Gasteiger charge is 2.38. The Labute approximate surface area is 258 Å². The zero-order valence-corrected chi connectivity index (χ0v) is 27.1. The minimum atomic E-state index is -4.97. The molecule has 0 aliphatic rings. The maximum atomic E-state index is 12.6. The lowest BCUT2D eigenvalue weighted by atomic mass is 10.3. The van der Waals surface area contributed by atoms with E-state index in [4.69, 9.17) is 9.08 Å². The van der Waals surface area contributed by atoms with Gasteiger partial charge < -0.3 is 19.7 Å². The lowest BCUT2D eigenvalue weighted by Crippen LogP contribution is -2.44. The first-order chi connectivity index (χ1) is 20.2. The van der Waals surface area contributed by atoms with Crippen LogP contribution in [-0.4, -0.2) is 81.2 Å². The lowest BCUT2D eigenvalue weighted by Gasteiger charge is -2.30. The molecule has 0 saturated heterocycles. The number of benzene rings is 1. The predicted molar refractivity (Wildman–Crippen MR) is 158 cm³/mol. The number of anilines is 2. The molecular formula is C20H27N7O12S5. The molecule has 1 aromatic carbocycles. The molecule has 0 bridgehead atoms. The smallest absolute Gasteiger partial charge is 0.294 e. The molecule has 0 spiro atoms. The number of hydrogen-bond acceptors (Lipinski definition) is 15. The molecule has 3 aromatic rings. The van der Waals surface area contributed by atoms with Crippen molar-refractivity contribution in [3.8, 4) is 0 Å². The van der Waals surface area contributed by atoms with Crippen LogP contribution >= 0.6 is 11.8 Å².